The van der Waals surface area contributed by atoms with Gasteiger partial charge in [0.2, 0.25) is 0 Å². The molecule has 0 saturated heterocycles. The zero-order chi connectivity index (χ0) is 20.2. The van der Waals surface area contributed by atoms with Crippen molar-refractivity contribution >= 4 is 16.9 Å². The van der Waals surface area contributed by atoms with Crippen LogP contribution in [0.25, 0.3) is 5.57 Å². The third-order valence-electron chi connectivity index (χ3n) is 5.42. The van der Waals surface area contributed by atoms with Gasteiger partial charge in [-0.15, -0.1) is 0 Å². The summed E-state index contributed by atoms with van der Waals surface area (Å²) in [5.74, 6) is 0.253. The van der Waals surface area contributed by atoms with E-state index in [1.54, 1.807) is 12.1 Å². The molecule has 148 valence electrons. The third-order valence-corrected chi connectivity index (χ3v) is 5.42. The minimum absolute atomic E-state index is 0.253. The van der Waals surface area contributed by atoms with Crippen molar-refractivity contribution in [3.05, 3.63) is 91.7 Å². The molecule has 0 heterocycles. The van der Waals surface area contributed by atoms with E-state index >= 15 is 0 Å². The van der Waals surface area contributed by atoms with Gasteiger partial charge in [-0.3, -0.25) is 9.59 Å². The Morgan fingerprint density at radius 2 is 1.52 bits per heavy atom. The highest BCUT2D eigenvalue weighted by Gasteiger charge is 2.20. The first-order chi connectivity index (χ1) is 14.1. The predicted molar refractivity (Wildman–Crippen MR) is 118 cm³/mol. The van der Waals surface area contributed by atoms with Crippen molar-refractivity contribution in [1.29, 1.82) is 0 Å². The monoisotopic (exact) mass is 388 g/mol. The van der Waals surface area contributed by atoms with Gasteiger partial charge in [0.1, 0.15) is 17.1 Å². The van der Waals surface area contributed by atoms with E-state index < -0.39 is 10.9 Å². The number of nitrogens with one attached hydrogen (secondary N) is 2. The van der Waals surface area contributed by atoms with E-state index in [9.17, 15) is 14.7 Å². The highest BCUT2D eigenvalue weighted by Crippen LogP contribution is 2.29. The third kappa shape index (κ3) is 4.09. The van der Waals surface area contributed by atoms with Crippen LogP contribution in [0, 0.1) is 0 Å². The maximum atomic E-state index is 11.9. The average Bonchev–Trinajstić information content (AvgIpc) is 3.16. The Labute approximate surface area is 169 Å². The Kier molecular flexibility index (Phi) is 5.47. The molecule has 3 aromatic carbocycles. The fourth-order valence-corrected chi connectivity index (χ4v) is 3.81. The Morgan fingerprint density at radius 3 is 2.28 bits per heavy atom. The number of benzene rings is 2. The Morgan fingerprint density at radius 1 is 0.828 bits per heavy atom. The van der Waals surface area contributed by atoms with Crippen LogP contribution in [0.15, 0.2) is 64.2 Å². The van der Waals surface area contributed by atoms with E-state index in [-0.39, 0.29) is 5.75 Å². The summed E-state index contributed by atoms with van der Waals surface area (Å²) in [5, 5.41) is 15.6. The summed E-state index contributed by atoms with van der Waals surface area (Å²) in [6.45, 7) is 1.23. The first kappa shape index (κ1) is 19.0. The molecule has 3 aromatic rings. The molecule has 0 aliphatic heterocycles. The Bertz CT molecular complexity index is 1110. The molecule has 5 nitrogen and oxygen atoms in total. The zero-order valence-electron chi connectivity index (χ0n) is 16.2. The van der Waals surface area contributed by atoms with Crippen LogP contribution in [0.5, 0.6) is 5.75 Å². The molecule has 0 fully saturated rings. The average molecular weight is 388 g/mol. The van der Waals surface area contributed by atoms with Crippen LogP contribution in [0.4, 0.5) is 11.4 Å². The van der Waals surface area contributed by atoms with Gasteiger partial charge in [-0.05, 0) is 60.1 Å². The molecule has 5 heteroatoms. The molecule has 0 bridgehead atoms. The summed E-state index contributed by atoms with van der Waals surface area (Å²) in [6, 6.07) is 15.5. The van der Waals surface area contributed by atoms with Crippen molar-refractivity contribution in [3.63, 3.8) is 0 Å². The lowest BCUT2D eigenvalue weighted by Gasteiger charge is -2.15. The summed E-state index contributed by atoms with van der Waals surface area (Å²) in [4.78, 5) is 23.8. The minimum atomic E-state index is -0.442. The van der Waals surface area contributed by atoms with Crippen LogP contribution in [-0.4, -0.2) is 18.2 Å². The number of aromatic hydroxyl groups is 1. The molecule has 1 aliphatic rings. The zero-order valence-corrected chi connectivity index (χ0v) is 16.2. The second-order valence-corrected chi connectivity index (χ2v) is 7.37. The summed E-state index contributed by atoms with van der Waals surface area (Å²) in [6.07, 6.45) is 5.66. The second-order valence-electron chi connectivity index (χ2n) is 7.37. The van der Waals surface area contributed by atoms with Gasteiger partial charge in [0.25, 0.3) is 10.9 Å². The van der Waals surface area contributed by atoms with Gasteiger partial charge >= 0.3 is 0 Å². The van der Waals surface area contributed by atoms with E-state index in [0.717, 1.165) is 31.2 Å². The molecule has 29 heavy (non-hydrogen) atoms. The van der Waals surface area contributed by atoms with Crippen molar-refractivity contribution in [1.82, 2.24) is 0 Å². The fraction of sp³-hybridized carbons (Fsp3) is 0.250. The van der Waals surface area contributed by atoms with Gasteiger partial charge in [-0.25, -0.2) is 0 Å². The molecular weight excluding hydrogens is 364 g/mol. The quantitative estimate of drug-likeness (QED) is 0.386. The molecule has 0 aromatic heterocycles. The topological polar surface area (TPSA) is 78.4 Å². The van der Waals surface area contributed by atoms with Gasteiger partial charge in [-0.1, -0.05) is 42.5 Å². The van der Waals surface area contributed by atoms with Gasteiger partial charge in [-0.2, -0.15) is 0 Å². The standard InChI is InChI=1S/C24H24N2O3/c27-19-11-7-16(8-12-19)4-3-14-25-21-22(24(29)23(21)28)26-15-13-18-10-9-17-5-1-2-6-20(17)18/h1-2,5-8,10-12,25-27H,3-4,9,13-15H2. The number of allylic oxidation sites excluding steroid dienone is 1. The molecule has 3 N–H and O–H groups in total. The summed E-state index contributed by atoms with van der Waals surface area (Å²) >= 11 is 0. The Balaban J connectivity index is 1.26. The first-order valence-electron chi connectivity index (χ1n) is 10.00. The molecule has 4 rings (SSSR count). The maximum Gasteiger partial charge on any atom is 0.253 e. The van der Waals surface area contributed by atoms with E-state index in [1.807, 2.05) is 18.2 Å². The van der Waals surface area contributed by atoms with Crippen LogP contribution >= 0.6 is 0 Å². The van der Waals surface area contributed by atoms with Crippen molar-refractivity contribution < 1.29 is 5.11 Å². The van der Waals surface area contributed by atoms with Crippen LogP contribution in [0.2, 0.25) is 0 Å². The van der Waals surface area contributed by atoms with Gasteiger partial charge in [0, 0.05) is 13.1 Å². The number of fused-ring (bicyclic) bond motifs is 1. The van der Waals surface area contributed by atoms with Crippen LogP contribution < -0.4 is 21.5 Å². The number of hydrogen-bond acceptors (Lipinski definition) is 5. The van der Waals surface area contributed by atoms with Crippen LogP contribution in [-0.2, 0) is 12.8 Å². The molecule has 0 amide bonds. The maximum absolute atomic E-state index is 11.9. The number of rotatable bonds is 9. The predicted octanol–water partition coefficient (Wildman–Crippen LogP) is 3.47. The van der Waals surface area contributed by atoms with Crippen molar-refractivity contribution in [2.45, 2.75) is 25.7 Å². The smallest absolute Gasteiger partial charge is 0.253 e. The number of phenolic OH excluding ortho intramolecular Hbond substituents is 1. The van der Waals surface area contributed by atoms with E-state index in [4.69, 9.17) is 0 Å². The number of phenols is 1. The second kappa shape index (κ2) is 8.35. The minimum Gasteiger partial charge on any atom is -0.508 e. The van der Waals surface area contributed by atoms with Crippen molar-refractivity contribution in [3.8, 4) is 5.75 Å². The molecule has 0 unspecified atom stereocenters. The fourth-order valence-electron chi connectivity index (χ4n) is 3.81. The van der Waals surface area contributed by atoms with E-state index in [1.165, 1.54) is 16.7 Å². The molecule has 0 atom stereocenters. The summed E-state index contributed by atoms with van der Waals surface area (Å²) in [5.41, 5.74) is 4.97. The highest BCUT2D eigenvalue weighted by molar-refractivity contribution is 5.76. The summed E-state index contributed by atoms with van der Waals surface area (Å²) in [7, 11) is 0. The molecule has 0 spiro atoms. The van der Waals surface area contributed by atoms with Crippen molar-refractivity contribution in [2.24, 2.45) is 0 Å². The van der Waals surface area contributed by atoms with Gasteiger partial charge in [0.15, 0.2) is 0 Å². The highest BCUT2D eigenvalue weighted by atomic mass is 16.3. The van der Waals surface area contributed by atoms with Crippen molar-refractivity contribution in [2.75, 3.05) is 23.7 Å². The lowest BCUT2D eigenvalue weighted by atomic mass is 10.0. The summed E-state index contributed by atoms with van der Waals surface area (Å²) < 4.78 is 0. The molecule has 1 aliphatic carbocycles. The van der Waals surface area contributed by atoms with E-state index in [2.05, 4.69) is 34.9 Å². The van der Waals surface area contributed by atoms with Crippen LogP contribution in [0.1, 0.15) is 29.5 Å². The normalized spacial score (nSPS) is 12.6. The first-order valence-corrected chi connectivity index (χ1v) is 10.00. The van der Waals surface area contributed by atoms with Gasteiger partial charge in [0.05, 0.1) is 0 Å². The lowest BCUT2D eigenvalue weighted by Crippen LogP contribution is -2.37. The van der Waals surface area contributed by atoms with Gasteiger partial charge < -0.3 is 15.7 Å². The molecule has 0 radical (unpaired) electrons. The number of hydrogen-bond donors (Lipinski definition) is 3. The number of anilines is 2. The SMILES string of the molecule is O=c1c(NCCCc2ccc(O)cc2)c(NCCC2=CCc3ccccc32)c1=O. The largest absolute Gasteiger partial charge is 0.508 e. The molecule has 0 saturated carbocycles. The molecular formula is C24H24N2O3. The number of aryl methyl sites for hydroxylation is 1. The Hall–Kier alpha value is -3.34. The van der Waals surface area contributed by atoms with Crippen LogP contribution in [0.3, 0.4) is 0 Å². The lowest BCUT2D eigenvalue weighted by molar-refractivity contribution is 0.475. The van der Waals surface area contributed by atoms with E-state index in [0.29, 0.717) is 24.5 Å².